The van der Waals surface area contributed by atoms with Gasteiger partial charge in [-0.05, 0) is 18.8 Å². The smallest absolute Gasteiger partial charge is 0.287 e. The largest absolute Gasteiger partial charge is 0.380 e. The number of hydrogen-bond acceptors (Lipinski definition) is 3. The molecule has 4 nitrogen and oxygen atoms in total. The van der Waals surface area contributed by atoms with E-state index in [1.54, 1.807) is 0 Å². The molecular formula is C10H15N3O. The molecular weight excluding hydrogens is 178 g/mol. The van der Waals surface area contributed by atoms with Gasteiger partial charge in [-0.2, -0.15) is 5.10 Å². The van der Waals surface area contributed by atoms with Crippen LogP contribution in [0, 0.1) is 0 Å². The Morgan fingerprint density at radius 2 is 2.21 bits per heavy atom. The molecule has 1 aromatic rings. The first-order valence-electron chi connectivity index (χ1n) is 5.05. The third-order valence-electron chi connectivity index (χ3n) is 2.57. The first kappa shape index (κ1) is 9.24. The summed E-state index contributed by atoms with van der Waals surface area (Å²) in [4.78, 5) is 11.5. The Kier molecular flexibility index (Phi) is 2.27. The Bertz CT molecular complexity index is 395. The average Bonchev–Trinajstić information content (AvgIpc) is 2.18. The molecule has 14 heavy (non-hydrogen) atoms. The van der Waals surface area contributed by atoms with Crippen LogP contribution in [0.4, 0.5) is 5.69 Å². The van der Waals surface area contributed by atoms with Crippen LogP contribution in [-0.2, 0) is 6.42 Å². The van der Waals surface area contributed by atoms with E-state index < -0.39 is 0 Å². The van der Waals surface area contributed by atoms with Gasteiger partial charge >= 0.3 is 0 Å². The molecule has 2 heterocycles. The SMILES string of the molecule is CC(C)c1n[nH]c(=O)c2c1CCCN2. The summed E-state index contributed by atoms with van der Waals surface area (Å²) in [5.74, 6) is 0.362. The second-order valence-electron chi connectivity index (χ2n) is 3.98. The van der Waals surface area contributed by atoms with E-state index >= 15 is 0 Å². The molecule has 2 rings (SSSR count). The summed E-state index contributed by atoms with van der Waals surface area (Å²) in [5.41, 5.74) is 2.76. The Morgan fingerprint density at radius 1 is 1.43 bits per heavy atom. The lowest BCUT2D eigenvalue weighted by atomic mass is 9.97. The molecule has 0 fully saturated rings. The third-order valence-corrected chi connectivity index (χ3v) is 2.57. The summed E-state index contributed by atoms with van der Waals surface area (Å²) in [6.45, 7) is 5.07. The standard InChI is InChI=1S/C10H15N3O/c1-6(2)8-7-4-3-5-11-9(7)10(14)13-12-8/h6,11H,3-5H2,1-2H3,(H,13,14). The van der Waals surface area contributed by atoms with Gasteiger partial charge in [0.1, 0.15) is 5.69 Å². The van der Waals surface area contributed by atoms with Crippen LogP contribution in [0.2, 0.25) is 0 Å². The number of nitrogens with one attached hydrogen (secondary N) is 2. The van der Waals surface area contributed by atoms with Crippen molar-refractivity contribution in [1.82, 2.24) is 10.2 Å². The molecule has 0 aromatic carbocycles. The van der Waals surface area contributed by atoms with Crippen molar-refractivity contribution in [3.8, 4) is 0 Å². The van der Waals surface area contributed by atoms with Gasteiger partial charge in [0, 0.05) is 12.1 Å². The maximum atomic E-state index is 11.5. The predicted molar refractivity (Wildman–Crippen MR) is 55.8 cm³/mol. The van der Waals surface area contributed by atoms with Crippen LogP contribution < -0.4 is 10.9 Å². The van der Waals surface area contributed by atoms with E-state index in [0.29, 0.717) is 5.92 Å². The Balaban J connectivity index is 2.59. The van der Waals surface area contributed by atoms with Crippen molar-refractivity contribution in [1.29, 1.82) is 0 Å². The number of hydrogen-bond donors (Lipinski definition) is 2. The van der Waals surface area contributed by atoms with E-state index in [-0.39, 0.29) is 5.56 Å². The minimum atomic E-state index is -0.0934. The zero-order chi connectivity index (χ0) is 10.1. The predicted octanol–water partition coefficient (Wildman–Crippen LogP) is 1.25. The molecule has 0 spiro atoms. The van der Waals surface area contributed by atoms with E-state index in [9.17, 15) is 4.79 Å². The highest BCUT2D eigenvalue weighted by atomic mass is 16.1. The monoisotopic (exact) mass is 193 g/mol. The number of H-pyrrole nitrogens is 1. The van der Waals surface area contributed by atoms with Gasteiger partial charge in [0.15, 0.2) is 0 Å². The van der Waals surface area contributed by atoms with Crippen molar-refractivity contribution >= 4 is 5.69 Å². The van der Waals surface area contributed by atoms with Gasteiger partial charge < -0.3 is 5.32 Å². The summed E-state index contributed by atoms with van der Waals surface area (Å²) in [6, 6.07) is 0. The van der Waals surface area contributed by atoms with Crippen molar-refractivity contribution in [2.24, 2.45) is 0 Å². The van der Waals surface area contributed by atoms with Gasteiger partial charge in [0.2, 0.25) is 0 Å². The molecule has 0 saturated carbocycles. The highest BCUT2D eigenvalue weighted by molar-refractivity contribution is 5.53. The summed E-state index contributed by atoms with van der Waals surface area (Å²) < 4.78 is 0. The lowest BCUT2D eigenvalue weighted by Gasteiger charge is -2.20. The number of fused-ring (bicyclic) bond motifs is 1. The Morgan fingerprint density at radius 3 is 2.93 bits per heavy atom. The molecule has 0 atom stereocenters. The minimum absolute atomic E-state index is 0.0934. The maximum Gasteiger partial charge on any atom is 0.287 e. The topological polar surface area (TPSA) is 57.8 Å². The van der Waals surface area contributed by atoms with Crippen LogP contribution in [0.15, 0.2) is 4.79 Å². The molecule has 0 aliphatic carbocycles. The highest BCUT2D eigenvalue weighted by Crippen LogP contribution is 2.24. The highest BCUT2D eigenvalue weighted by Gasteiger charge is 2.18. The molecule has 2 N–H and O–H groups in total. The lowest BCUT2D eigenvalue weighted by molar-refractivity contribution is 0.720. The van der Waals surface area contributed by atoms with Gasteiger partial charge in [-0.25, -0.2) is 5.10 Å². The van der Waals surface area contributed by atoms with Gasteiger partial charge in [-0.15, -0.1) is 0 Å². The average molecular weight is 193 g/mol. The van der Waals surface area contributed by atoms with Crippen molar-refractivity contribution < 1.29 is 0 Å². The van der Waals surface area contributed by atoms with Gasteiger partial charge in [-0.1, -0.05) is 13.8 Å². The number of aromatic nitrogens is 2. The molecule has 0 bridgehead atoms. The fourth-order valence-corrected chi connectivity index (χ4v) is 1.90. The molecule has 0 amide bonds. The van der Waals surface area contributed by atoms with Gasteiger partial charge in [0.25, 0.3) is 5.56 Å². The maximum absolute atomic E-state index is 11.5. The fraction of sp³-hybridized carbons (Fsp3) is 0.600. The molecule has 1 aromatic heterocycles. The molecule has 0 unspecified atom stereocenters. The lowest BCUT2D eigenvalue weighted by Crippen LogP contribution is -2.25. The van der Waals surface area contributed by atoms with Crippen LogP contribution in [0.1, 0.15) is 37.4 Å². The van der Waals surface area contributed by atoms with E-state index in [1.807, 2.05) is 0 Å². The summed E-state index contributed by atoms with van der Waals surface area (Å²) >= 11 is 0. The van der Waals surface area contributed by atoms with Crippen LogP contribution in [0.25, 0.3) is 0 Å². The van der Waals surface area contributed by atoms with Gasteiger partial charge in [-0.3, -0.25) is 4.79 Å². The second-order valence-corrected chi connectivity index (χ2v) is 3.98. The summed E-state index contributed by atoms with van der Waals surface area (Å²) in [6.07, 6.45) is 2.05. The van der Waals surface area contributed by atoms with Crippen molar-refractivity contribution in [3.63, 3.8) is 0 Å². The van der Waals surface area contributed by atoms with E-state index in [4.69, 9.17) is 0 Å². The third kappa shape index (κ3) is 1.41. The summed E-state index contributed by atoms with van der Waals surface area (Å²) in [7, 11) is 0. The second kappa shape index (κ2) is 3.44. The Labute approximate surface area is 82.7 Å². The van der Waals surface area contributed by atoms with Crippen molar-refractivity contribution in [3.05, 3.63) is 21.6 Å². The number of rotatable bonds is 1. The zero-order valence-electron chi connectivity index (χ0n) is 8.55. The molecule has 76 valence electrons. The van der Waals surface area contributed by atoms with E-state index in [1.165, 1.54) is 0 Å². The fourth-order valence-electron chi connectivity index (χ4n) is 1.90. The van der Waals surface area contributed by atoms with Crippen LogP contribution in [-0.4, -0.2) is 16.7 Å². The molecule has 4 heteroatoms. The first-order chi connectivity index (χ1) is 6.70. The molecule has 0 radical (unpaired) electrons. The number of nitrogens with zero attached hydrogens (tertiary/aromatic N) is 1. The molecule has 1 aliphatic rings. The van der Waals surface area contributed by atoms with Crippen molar-refractivity contribution in [2.45, 2.75) is 32.6 Å². The molecule has 1 aliphatic heterocycles. The van der Waals surface area contributed by atoms with E-state index in [2.05, 4.69) is 29.4 Å². The normalized spacial score (nSPS) is 15.1. The zero-order valence-corrected chi connectivity index (χ0v) is 8.55. The summed E-state index contributed by atoms with van der Waals surface area (Å²) in [5, 5.41) is 9.80. The molecule has 0 saturated heterocycles. The first-order valence-corrected chi connectivity index (χ1v) is 5.05. The van der Waals surface area contributed by atoms with Gasteiger partial charge in [0.05, 0.1) is 5.69 Å². The van der Waals surface area contributed by atoms with Crippen molar-refractivity contribution in [2.75, 3.05) is 11.9 Å². The van der Waals surface area contributed by atoms with E-state index in [0.717, 1.165) is 36.3 Å². The Hall–Kier alpha value is -1.32. The van der Waals surface area contributed by atoms with Crippen LogP contribution >= 0.6 is 0 Å². The number of aromatic amines is 1. The van der Waals surface area contributed by atoms with Crippen LogP contribution in [0.3, 0.4) is 0 Å². The minimum Gasteiger partial charge on any atom is -0.380 e. The van der Waals surface area contributed by atoms with Crippen LogP contribution in [0.5, 0.6) is 0 Å². The number of anilines is 1. The quantitative estimate of drug-likeness (QED) is 0.705.